The molecule has 4 nitrogen and oxygen atoms in total. The zero-order chi connectivity index (χ0) is 17.8. The fourth-order valence-electron chi connectivity index (χ4n) is 2.60. The predicted octanol–water partition coefficient (Wildman–Crippen LogP) is 4.74. The Morgan fingerprint density at radius 3 is 2.64 bits per heavy atom. The van der Waals surface area contributed by atoms with Crippen molar-refractivity contribution in [3.05, 3.63) is 64.8 Å². The average Bonchev–Trinajstić information content (AvgIpc) is 2.97. The largest absolute Gasteiger partial charge is 0.350 e. The molecule has 2 aromatic carbocycles. The van der Waals surface area contributed by atoms with E-state index in [1.165, 1.54) is 0 Å². The van der Waals surface area contributed by atoms with Gasteiger partial charge in [0.1, 0.15) is 5.69 Å². The minimum atomic E-state index is -0.173. The van der Waals surface area contributed by atoms with Gasteiger partial charge in [-0.05, 0) is 24.5 Å². The van der Waals surface area contributed by atoms with E-state index in [-0.39, 0.29) is 11.7 Å². The molecule has 0 atom stereocenters. The van der Waals surface area contributed by atoms with Crippen LogP contribution in [0.2, 0.25) is 5.02 Å². The van der Waals surface area contributed by atoms with Crippen molar-refractivity contribution in [2.24, 2.45) is 0 Å². The van der Waals surface area contributed by atoms with E-state index in [1.807, 2.05) is 24.5 Å². The maximum absolute atomic E-state index is 12.9. The number of carbonyl (C=O) groups is 2. The summed E-state index contributed by atoms with van der Waals surface area (Å²) in [6.07, 6.45) is 2.34. The van der Waals surface area contributed by atoms with Gasteiger partial charge in [0, 0.05) is 33.7 Å². The molecule has 0 bridgehead atoms. The van der Waals surface area contributed by atoms with E-state index in [0.717, 1.165) is 11.1 Å². The Balaban J connectivity index is 2.05. The molecule has 0 fully saturated rings. The number of benzene rings is 2. The maximum atomic E-state index is 12.9. The lowest BCUT2D eigenvalue weighted by Gasteiger charge is -2.07. The maximum Gasteiger partial charge on any atom is 0.225 e. The van der Waals surface area contributed by atoms with E-state index in [0.29, 0.717) is 33.9 Å². The van der Waals surface area contributed by atoms with Gasteiger partial charge in [-0.3, -0.25) is 9.59 Å². The monoisotopic (exact) mass is 372 g/mol. The Labute approximate surface area is 155 Å². The van der Waals surface area contributed by atoms with E-state index in [2.05, 4.69) is 10.3 Å². The third kappa shape index (κ3) is 3.89. The molecule has 2 N–H and O–H groups in total. The lowest BCUT2D eigenvalue weighted by atomic mass is 10.1. The topological polar surface area (TPSA) is 62.0 Å². The molecule has 0 saturated heterocycles. The van der Waals surface area contributed by atoms with Crippen LogP contribution in [0, 0.1) is 0 Å². The zero-order valence-corrected chi connectivity index (χ0v) is 15.2. The van der Waals surface area contributed by atoms with Gasteiger partial charge in [0.2, 0.25) is 11.7 Å². The van der Waals surface area contributed by atoms with Crippen molar-refractivity contribution in [3.8, 4) is 0 Å². The van der Waals surface area contributed by atoms with E-state index in [4.69, 9.17) is 11.6 Å². The van der Waals surface area contributed by atoms with Crippen molar-refractivity contribution >= 4 is 51.6 Å². The second-order valence-corrected chi connectivity index (χ2v) is 6.97. The Hall–Kier alpha value is -2.24. The highest BCUT2D eigenvalue weighted by Gasteiger charge is 2.20. The van der Waals surface area contributed by atoms with Crippen molar-refractivity contribution in [2.45, 2.75) is 6.42 Å². The number of aromatic amines is 1. The molecular weight excluding hydrogens is 356 g/mol. The van der Waals surface area contributed by atoms with Gasteiger partial charge in [0.05, 0.1) is 5.69 Å². The van der Waals surface area contributed by atoms with Crippen LogP contribution in [0.5, 0.6) is 0 Å². The number of rotatable bonds is 6. The number of hydrogen-bond donors (Lipinski definition) is 2. The van der Waals surface area contributed by atoms with E-state index in [1.54, 1.807) is 42.1 Å². The molecule has 1 amide bonds. The molecular formula is C19H17ClN2O2S. The van der Waals surface area contributed by atoms with Crippen LogP contribution >= 0.6 is 23.4 Å². The second-order valence-electron chi connectivity index (χ2n) is 5.55. The third-order valence-electron chi connectivity index (χ3n) is 3.82. The van der Waals surface area contributed by atoms with Crippen LogP contribution in [0.3, 0.4) is 0 Å². The van der Waals surface area contributed by atoms with Gasteiger partial charge in [-0.15, -0.1) is 0 Å². The van der Waals surface area contributed by atoms with E-state index in [9.17, 15) is 9.59 Å². The van der Waals surface area contributed by atoms with Crippen LogP contribution in [-0.4, -0.2) is 28.7 Å². The smallest absolute Gasteiger partial charge is 0.225 e. The standard InChI is InChI=1S/C19H17ClN2O2S/c1-25-10-9-16(23)22-17-14-8-7-13(20)11-15(14)21-18(17)19(24)12-5-3-2-4-6-12/h2-8,11,21H,9-10H2,1H3,(H,22,23). The first-order valence-electron chi connectivity index (χ1n) is 7.80. The SMILES string of the molecule is CSCCC(=O)Nc1c(C(=O)c2ccccc2)[nH]c2cc(Cl)ccc12. The number of ketones is 1. The third-order valence-corrected chi connectivity index (χ3v) is 4.67. The van der Waals surface area contributed by atoms with Crippen LogP contribution in [0.4, 0.5) is 5.69 Å². The molecule has 0 saturated carbocycles. The summed E-state index contributed by atoms with van der Waals surface area (Å²) in [6, 6.07) is 14.3. The van der Waals surface area contributed by atoms with Gasteiger partial charge in [0.15, 0.2) is 0 Å². The average molecular weight is 373 g/mol. The van der Waals surface area contributed by atoms with Crippen molar-refractivity contribution in [3.63, 3.8) is 0 Å². The molecule has 3 aromatic rings. The Morgan fingerprint density at radius 1 is 1.16 bits per heavy atom. The molecule has 1 aromatic heterocycles. The van der Waals surface area contributed by atoms with Crippen molar-refractivity contribution in [1.29, 1.82) is 0 Å². The number of anilines is 1. The Kier molecular flexibility index (Phi) is 5.46. The molecule has 0 spiro atoms. The summed E-state index contributed by atoms with van der Waals surface area (Å²) in [5.41, 5.74) is 2.14. The highest BCUT2D eigenvalue weighted by molar-refractivity contribution is 7.98. The number of halogens is 1. The minimum absolute atomic E-state index is 0.118. The van der Waals surface area contributed by atoms with Crippen molar-refractivity contribution in [2.75, 3.05) is 17.3 Å². The van der Waals surface area contributed by atoms with Gasteiger partial charge >= 0.3 is 0 Å². The van der Waals surface area contributed by atoms with Crippen LogP contribution in [-0.2, 0) is 4.79 Å². The number of hydrogen-bond acceptors (Lipinski definition) is 3. The summed E-state index contributed by atoms with van der Waals surface area (Å²) >= 11 is 7.66. The van der Waals surface area contributed by atoms with E-state index >= 15 is 0 Å². The molecule has 25 heavy (non-hydrogen) atoms. The number of thioether (sulfide) groups is 1. The summed E-state index contributed by atoms with van der Waals surface area (Å²) in [5.74, 6) is 0.433. The van der Waals surface area contributed by atoms with Crippen LogP contribution < -0.4 is 5.32 Å². The predicted molar refractivity (Wildman–Crippen MR) is 105 cm³/mol. The molecule has 6 heteroatoms. The number of fused-ring (bicyclic) bond motifs is 1. The molecule has 0 aliphatic carbocycles. The first-order valence-corrected chi connectivity index (χ1v) is 9.57. The minimum Gasteiger partial charge on any atom is -0.350 e. The van der Waals surface area contributed by atoms with Crippen molar-refractivity contribution in [1.82, 2.24) is 4.98 Å². The van der Waals surface area contributed by atoms with Crippen LogP contribution in [0.1, 0.15) is 22.5 Å². The van der Waals surface area contributed by atoms with E-state index < -0.39 is 0 Å². The number of amides is 1. The van der Waals surface area contributed by atoms with Crippen LogP contribution in [0.25, 0.3) is 10.9 Å². The fraction of sp³-hybridized carbons (Fsp3) is 0.158. The molecule has 3 rings (SSSR count). The lowest BCUT2D eigenvalue weighted by Crippen LogP contribution is -2.15. The normalized spacial score (nSPS) is 10.8. The van der Waals surface area contributed by atoms with Crippen LogP contribution in [0.15, 0.2) is 48.5 Å². The fourth-order valence-corrected chi connectivity index (χ4v) is 3.16. The quantitative estimate of drug-likeness (QED) is 0.614. The highest BCUT2D eigenvalue weighted by atomic mass is 35.5. The summed E-state index contributed by atoms with van der Waals surface area (Å²) in [7, 11) is 0. The summed E-state index contributed by atoms with van der Waals surface area (Å²) in [5, 5.41) is 4.22. The first kappa shape index (κ1) is 17.6. The number of carbonyl (C=O) groups excluding carboxylic acids is 2. The Bertz CT molecular complexity index is 922. The summed E-state index contributed by atoms with van der Waals surface area (Å²) in [6.45, 7) is 0. The molecule has 1 heterocycles. The van der Waals surface area contributed by atoms with Gasteiger partial charge < -0.3 is 10.3 Å². The van der Waals surface area contributed by atoms with Gasteiger partial charge in [-0.1, -0.05) is 41.9 Å². The van der Waals surface area contributed by atoms with Crippen molar-refractivity contribution < 1.29 is 9.59 Å². The molecule has 0 aliphatic heterocycles. The number of aromatic nitrogens is 1. The molecule has 0 unspecified atom stereocenters. The Morgan fingerprint density at radius 2 is 1.92 bits per heavy atom. The molecule has 0 aliphatic rings. The summed E-state index contributed by atoms with van der Waals surface area (Å²) < 4.78 is 0. The lowest BCUT2D eigenvalue weighted by molar-refractivity contribution is -0.115. The zero-order valence-electron chi connectivity index (χ0n) is 13.6. The first-order chi connectivity index (χ1) is 12.1. The number of nitrogens with one attached hydrogen (secondary N) is 2. The van der Waals surface area contributed by atoms with Gasteiger partial charge in [0.25, 0.3) is 0 Å². The molecule has 0 radical (unpaired) electrons. The second kappa shape index (κ2) is 7.76. The molecule has 128 valence electrons. The summed E-state index contributed by atoms with van der Waals surface area (Å²) in [4.78, 5) is 28.2. The van der Waals surface area contributed by atoms with Gasteiger partial charge in [-0.2, -0.15) is 11.8 Å². The highest BCUT2D eigenvalue weighted by Crippen LogP contribution is 2.31. The number of H-pyrrole nitrogens is 1. The van der Waals surface area contributed by atoms with Gasteiger partial charge in [-0.25, -0.2) is 0 Å².